The fourth-order valence-electron chi connectivity index (χ4n) is 2.05. The van der Waals surface area contributed by atoms with Crippen LogP contribution in [0.2, 0.25) is 0 Å². The van der Waals surface area contributed by atoms with Crippen molar-refractivity contribution < 1.29 is 18.8 Å². The standard InChI is InChI=1S/C15H17N3O4S/c1-9(15-17-10(2)18-22-15)23-7-14(19)16-6-11-3-4-12-13(5-11)21-8-20-12/h3-5,9H,6-8H2,1-2H3,(H,16,19)/t9-/m1/s1. The highest BCUT2D eigenvalue weighted by Gasteiger charge is 2.16. The number of rotatable bonds is 6. The van der Waals surface area contributed by atoms with Gasteiger partial charge >= 0.3 is 0 Å². The molecule has 0 unspecified atom stereocenters. The molecule has 0 fully saturated rings. The van der Waals surface area contributed by atoms with E-state index in [1.165, 1.54) is 11.8 Å². The van der Waals surface area contributed by atoms with Gasteiger partial charge in [-0.2, -0.15) is 4.98 Å². The maximum absolute atomic E-state index is 11.9. The minimum atomic E-state index is -0.0456. The van der Waals surface area contributed by atoms with Crippen molar-refractivity contribution in [2.24, 2.45) is 0 Å². The summed E-state index contributed by atoms with van der Waals surface area (Å²) in [5, 5.41) is 6.61. The fourth-order valence-corrected chi connectivity index (χ4v) is 2.79. The van der Waals surface area contributed by atoms with E-state index in [9.17, 15) is 4.79 Å². The molecule has 1 amide bonds. The first-order valence-corrected chi connectivity index (χ1v) is 8.24. The second-order valence-electron chi connectivity index (χ2n) is 5.10. The van der Waals surface area contributed by atoms with E-state index >= 15 is 0 Å². The number of aromatic nitrogens is 2. The molecule has 2 aromatic rings. The zero-order chi connectivity index (χ0) is 16.2. The third-order valence-electron chi connectivity index (χ3n) is 3.28. The first kappa shape index (κ1) is 15.7. The number of fused-ring (bicyclic) bond motifs is 1. The van der Waals surface area contributed by atoms with Crippen LogP contribution in [-0.4, -0.2) is 28.6 Å². The molecule has 7 nitrogen and oxygen atoms in total. The molecule has 0 saturated carbocycles. The molecule has 8 heteroatoms. The van der Waals surface area contributed by atoms with Crippen molar-refractivity contribution in [2.75, 3.05) is 12.5 Å². The number of nitrogens with zero attached hydrogens (tertiary/aromatic N) is 2. The minimum absolute atomic E-state index is 0.0208. The second kappa shape index (κ2) is 6.91. The Balaban J connectivity index is 1.44. The zero-order valence-corrected chi connectivity index (χ0v) is 13.7. The predicted molar refractivity (Wildman–Crippen MR) is 84.3 cm³/mol. The fraction of sp³-hybridized carbons (Fsp3) is 0.400. The Morgan fingerprint density at radius 2 is 2.22 bits per heavy atom. The Morgan fingerprint density at radius 3 is 3.00 bits per heavy atom. The first-order chi connectivity index (χ1) is 11.1. The molecule has 0 saturated heterocycles. The van der Waals surface area contributed by atoms with Crippen LogP contribution >= 0.6 is 11.8 Å². The quantitative estimate of drug-likeness (QED) is 0.866. The highest BCUT2D eigenvalue weighted by Crippen LogP contribution is 2.32. The number of amides is 1. The Kier molecular flexibility index (Phi) is 4.71. The van der Waals surface area contributed by atoms with Gasteiger partial charge in [0.25, 0.3) is 0 Å². The van der Waals surface area contributed by atoms with Gasteiger partial charge in [-0.15, -0.1) is 11.8 Å². The maximum Gasteiger partial charge on any atom is 0.239 e. The smallest absolute Gasteiger partial charge is 0.239 e. The second-order valence-corrected chi connectivity index (χ2v) is 6.43. The van der Waals surface area contributed by atoms with Crippen LogP contribution in [-0.2, 0) is 11.3 Å². The molecular formula is C15H17N3O4S. The Hall–Kier alpha value is -2.22. The van der Waals surface area contributed by atoms with Gasteiger partial charge in [0.2, 0.25) is 18.6 Å². The van der Waals surface area contributed by atoms with Crippen molar-refractivity contribution in [3.63, 3.8) is 0 Å². The van der Waals surface area contributed by atoms with Crippen molar-refractivity contribution in [3.8, 4) is 11.5 Å². The molecule has 2 heterocycles. The number of nitrogens with one attached hydrogen (secondary N) is 1. The highest BCUT2D eigenvalue weighted by atomic mass is 32.2. The highest BCUT2D eigenvalue weighted by molar-refractivity contribution is 8.00. The van der Waals surface area contributed by atoms with Gasteiger partial charge in [-0.25, -0.2) is 0 Å². The molecule has 1 aliphatic heterocycles. The summed E-state index contributed by atoms with van der Waals surface area (Å²) in [6.07, 6.45) is 0. The number of benzene rings is 1. The van der Waals surface area contributed by atoms with Crippen LogP contribution in [0.15, 0.2) is 22.7 Å². The van der Waals surface area contributed by atoms with Gasteiger partial charge in [-0.1, -0.05) is 11.2 Å². The zero-order valence-electron chi connectivity index (χ0n) is 12.9. The first-order valence-electron chi connectivity index (χ1n) is 7.19. The number of hydrogen-bond acceptors (Lipinski definition) is 7. The van der Waals surface area contributed by atoms with E-state index in [1.807, 2.05) is 25.1 Å². The summed E-state index contributed by atoms with van der Waals surface area (Å²) in [6.45, 7) is 4.39. The molecule has 1 atom stereocenters. The summed E-state index contributed by atoms with van der Waals surface area (Å²) in [7, 11) is 0. The van der Waals surface area contributed by atoms with Crippen molar-refractivity contribution >= 4 is 17.7 Å². The SMILES string of the molecule is Cc1noc([C@@H](C)SCC(=O)NCc2ccc3c(c2)OCO3)n1. The predicted octanol–water partition coefficient (Wildman–Crippen LogP) is 2.22. The van der Waals surface area contributed by atoms with Crippen LogP contribution in [0.4, 0.5) is 0 Å². The van der Waals surface area contributed by atoms with Gasteiger partial charge in [0.15, 0.2) is 17.3 Å². The van der Waals surface area contributed by atoms with Gasteiger partial charge in [-0.05, 0) is 31.5 Å². The van der Waals surface area contributed by atoms with Gasteiger partial charge in [-0.3, -0.25) is 4.79 Å². The van der Waals surface area contributed by atoms with Crippen LogP contribution < -0.4 is 14.8 Å². The molecule has 122 valence electrons. The average molecular weight is 335 g/mol. The van der Waals surface area contributed by atoms with Crippen LogP contribution in [0, 0.1) is 6.92 Å². The molecule has 1 aliphatic rings. The van der Waals surface area contributed by atoms with E-state index in [2.05, 4.69) is 15.5 Å². The number of aryl methyl sites for hydroxylation is 1. The number of carbonyl (C=O) groups excluding carboxylic acids is 1. The van der Waals surface area contributed by atoms with Crippen LogP contribution in [0.1, 0.15) is 29.5 Å². The summed E-state index contributed by atoms with van der Waals surface area (Å²) in [6, 6.07) is 5.63. The third-order valence-corrected chi connectivity index (χ3v) is 4.41. The minimum Gasteiger partial charge on any atom is -0.454 e. The third kappa shape index (κ3) is 3.95. The summed E-state index contributed by atoms with van der Waals surface area (Å²) >= 11 is 1.45. The van der Waals surface area contributed by atoms with Crippen molar-refractivity contribution in [1.29, 1.82) is 0 Å². The largest absolute Gasteiger partial charge is 0.454 e. The Bertz CT molecular complexity index is 704. The molecule has 1 aromatic heterocycles. The molecule has 23 heavy (non-hydrogen) atoms. The van der Waals surface area contributed by atoms with Gasteiger partial charge < -0.3 is 19.3 Å². The molecular weight excluding hydrogens is 318 g/mol. The number of ether oxygens (including phenoxy) is 2. The summed E-state index contributed by atoms with van der Waals surface area (Å²) in [5.41, 5.74) is 0.966. The lowest BCUT2D eigenvalue weighted by Gasteiger charge is -2.08. The van der Waals surface area contributed by atoms with E-state index in [-0.39, 0.29) is 18.0 Å². The number of thioether (sulfide) groups is 1. The molecule has 0 aliphatic carbocycles. The van der Waals surface area contributed by atoms with E-state index in [0.717, 1.165) is 11.3 Å². The topological polar surface area (TPSA) is 86.5 Å². The van der Waals surface area contributed by atoms with Gasteiger partial charge in [0.1, 0.15) is 0 Å². The summed E-state index contributed by atoms with van der Waals surface area (Å²) in [5.74, 6) is 2.87. The van der Waals surface area contributed by atoms with E-state index in [0.29, 0.717) is 29.8 Å². The molecule has 0 spiro atoms. The van der Waals surface area contributed by atoms with Crippen LogP contribution in [0.25, 0.3) is 0 Å². The Labute approximate surface area is 137 Å². The molecule has 1 aromatic carbocycles. The monoisotopic (exact) mass is 335 g/mol. The normalized spacial score (nSPS) is 13.8. The lowest BCUT2D eigenvalue weighted by molar-refractivity contribution is -0.118. The van der Waals surface area contributed by atoms with Gasteiger partial charge in [0.05, 0.1) is 11.0 Å². The lowest BCUT2D eigenvalue weighted by atomic mass is 10.2. The van der Waals surface area contributed by atoms with Gasteiger partial charge in [0, 0.05) is 6.54 Å². The molecule has 3 rings (SSSR count). The van der Waals surface area contributed by atoms with E-state index < -0.39 is 0 Å². The van der Waals surface area contributed by atoms with Crippen LogP contribution in [0.5, 0.6) is 11.5 Å². The lowest BCUT2D eigenvalue weighted by Crippen LogP contribution is -2.24. The summed E-state index contributed by atoms with van der Waals surface area (Å²) in [4.78, 5) is 16.1. The Morgan fingerprint density at radius 1 is 1.39 bits per heavy atom. The number of hydrogen-bond donors (Lipinski definition) is 1. The average Bonchev–Trinajstić information content (AvgIpc) is 3.18. The molecule has 1 N–H and O–H groups in total. The van der Waals surface area contributed by atoms with E-state index in [4.69, 9.17) is 14.0 Å². The van der Waals surface area contributed by atoms with Crippen LogP contribution in [0.3, 0.4) is 0 Å². The van der Waals surface area contributed by atoms with Crippen molar-refractivity contribution in [1.82, 2.24) is 15.5 Å². The summed E-state index contributed by atoms with van der Waals surface area (Å²) < 4.78 is 15.7. The van der Waals surface area contributed by atoms with Crippen molar-refractivity contribution in [3.05, 3.63) is 35.5 Å². The maximum atomic E-state index is 11.9. The van der Waals surface area contributed by atoms with Crippen molar-refractivity contribution in [2.45, 2.75) is 25.6 Å². The molecule has 0 radical (unpaired) electrons. The van der Waals surface area contributed by atoms with E-state index in [1.54, 1.807) is 6.92 Å². The molecule has 0 bridgehead atoms. The number of carbonyl (C=O) groups is 1.